The van der Waals surface area contributed by atoms with E-state index in [2.05, 4.69) is 14.7 Å². The molecule has 1 atom stereocenters. The van der Waals surface area contributed by atoms with Crippen LogP contribution >= 0.6 is 0 Å². The van der Waals surface area contributed by atoms with Crippen LogP contribution in [0.25, 0.3) is 0 Å². The van der Waals surface area contributed by atoms with Crippen LogP contribution in [0.1, 0.15) is 26.6 Å². The van der Waals surface area contributed by atoms with Gasteiger partial charge in [0.15, 0.2) is 5.03 Å². The maximum Gasteiger partial charge on any atom is 0.322 e. The lowest BCUT2D eigenvalue weighted by molar-refractivity contribution is -0.141. The van der Waals surface area contributed by atoms with Crippen LogP contribution in [0.15, 0.2) is 11.2 Å². The van der Waals surface area contributed by atoms with E-state index in [0.29, 0.717) is 5.82 Å². The van der Waals surface area contributed by atoms with Crippen LogP contribution < -0.4 is 4.72 Å². The Morgan fingerprint density at radius 3 is 2.39 bits per heavy atom. The molecule has 3 N–H and O–H groups in total. The first-order valence-corrected chi connectivity index (χ1v) is 6.79. The second kappa shape index (κ2) is 4.69. The van der Waals surface area contributed by atoms with E-state index in [0.717, 1.165) is 6.20 Å². The summed E-state index contributed by atoms with van der Waals surface area (Å²) in [6.45, 7) is 6.54. The number of nitrogens with zero attached hydrogens (tertiary/aromatic N) is 1. The van der Waals surface area contributed by atoms with Gasteiger partial charge in [0, 0.05) is 0 Å². The van der Waals surface area contributed by atoms with Crippen molar-refractivity contribution in [3.05, 3.63) is 12.0 Å². The molecule has 18 heavy (non-hydrogen) atoms. The smallest absolute Gasteiger partial charge is 0.322 e. The highest BCUT2D eigenvalue weighted by atomic mass is 32.2. The molecule has 8 heteroatoms. The fourth-order valence-electron chi connectivity index (χ4n) is 1.35. The van der Waals surface area contributed by atoms with Gasteiger partial charge in [-0.15, -0.1) is 0 Å². The van der Waals surface area contributed by atoms with Crippen LogP contribution in [-0.4, -0.2) is 35.5 Å². The van der Waals surface area contributed by atoms with Gasteiger partial charge in [-0.05, 0) is 12.3 Å². The molecule has 0 saturated heterocycles. The van der Waals surface area contributed by atoms with E-state index in [9.17, 15) is 13.2 Å². The number of aromatic amines is 1. The van der Waals surface area contributed by atoms with E-state index >= 15 is 0 Å². The Labute approximate surface area is 106 Å². The van der Waals surface area contributed by atoms with E-state index in [1.54, 1.807) is 27.7 Å². The molecule has 0 spiro atoms. The number of hydrogen-bond donors (Lipinski definition) is 3. The topological polar surface area (TPSA) is 112 Å². The summed E-state index contributed by atoms with van der Waals surface area (Å²) in [6.07, 6.45) is 1.15. The lowest BCUT2D eigenvalue weighted by Crippen LogP contribution is -2.49. The number of imidazole rings is 1. The molecule has 7 nitrogen and oxygen atoms in total. The van der Waals surface area contributed by atoms with Gasteiger partial charge in [-0.25, -0.2) is 13.4 Å². The van der Waals surface area contributed by atoms with Crippen molar-refractivity contribution in [2.24, 2.45) is 5.41 Å². The van der Waals surface area contributed by atoms with E-state index < -0.39 is 27.4 Å². The summed E-state index contributed by atoms with van der Waals surface area (Å²) in [6, 6.07) is -1.22. The Morgan fingerprint density at radius 2 is 2.06 bits per heavy atom. The van der Waals surface area contributed by atoms with E-state index in [1.807, 2.05) is 0 Å². The number of carbonyl (C=O) groups is 1. The molecular formula is C10H17N3O4S. The Morgan fingerprint density at radius 1 is 1.50 bits per heavy atom. The van der Waals surface area contributed by atoms with Gasteiger partial charge in [-0.3, -0.25) is 4.79 Å². The second-order valence-electron chi connectivity index (χ2n) is 5.09. The van der Waals surface area contributed by atoms with Crippen LogP contribution in [0.5, 0.6) is 0 Å². The summed E-state index contributed by atoms with van der Waals surface area (Å²) in [7, 11) is -3.92. The minimum absolute atomic E-state index is 0.143. The Hall–Kier alpha value is -1.41. The number of nitrogens with one attached hydrogen (secondary N) is 2. The predicted octanol–water partition coefficient (Wildman–Crippen LogP) is 0.496. The van der Waals surface area contributed by atoms with Crippen LogP contribution in [0, 0.1) is 12.3 Å². The highest BCUT2D eigenvalue weighted by Crippen LogP contribution is 2.21. The highest BCUT2D eigenvalue weighted by molar-refractivity contribution is 7.89. The monoisotopic (exact) mass is 275 g/mol. The normalized spacial score (nSPS) is 14.4. The van der Waals surface area contributed by atoms with E-state index in [1.165, 1.54) is 0 Å². The molecule has 0 aromatic carbocycles. The largest absolute Gasteiger partial charge is 0.480 e. The van der Waals surface area contributed by atoms with Crippen LogP contribution in [-0.2, 0) is 14.8 Å². The molecule has 0 aliphatic rings. The number of rotatable bonds is 4. The molecule has 102 valence electrons. The van der Waals surface area contributed by atoms with Crippen molar-refractivity contribution in [3.8, 4) is 0 Å². The van der Waals surface area contributed by atoms with E-state index in [4.69, 9.17) is 5.11 Å². The molecule has 0 bridgehead atoms. The van der Waals surface area contributed by atoms with Crippen molar-refractivity contribution in [1.82, 2.24) is 14.7 Å². The first kappa shape index (κ1) is 14.7. The standard InChI is InChI=1S/C10H17N3O4S/c1-6-11-5-7(12-6)18(16,17)13-8(9(14)15)10(2,3)4/h5,8,13H,1-4H3,(H,11,12)(H,14,15). The number of aryl methyl sites for hydroxylation is 1. The molecule has 0 saturated carbocycles. The zero-order valence-corrected chi connectivity index (χ0v) is 11.5. The number of H-pyrrole nitrogens is 1. The molecule has 0 amide bonds. The van der Waals surface area contributed by atoms with Gasteiger partial charge in [0.25, 0.3) is 10.0 Å². The average molecular weight is 275 g/mol. The number of aliphatic carboxylic acids is 1. The number of aromatic nitrogens is 2. The summed E-state index contributed by atoms with van der Waals surface area (Å²) in [5.74, 6) is -0.777. The fraction of sp³-hybridized carbons (Fsp3) is 0.600. The summed E-state index contributed by atoms with van der Waals surface area (Å²) >= 11 is 0. The lowest BCUT2D eigenvalue weighted by atomic mass is 9.88. The average Bonchev–Trinajstić information content (AvgIpc) is 2.60. The minimum atomic E-state index is -3.92. The van der Waals surface area contributed by atoms with Crippen molar-refractivity contribution in [3.63, 3.8) is 0 Å². The van der Waals surface area contributed by atoms with Crippen molar-refractivity contribution < 1.29 is 18.3 Å². The summed E-state index contributed by atoms with van der Waals surface area (Å²) in [4.78, 5) is 17.4. The fourth-order valence-corrected chi connectivity index (χ4v) is 2.72. The zero-order chi connectivity index (χ0) is 14.1. The third kappa shape index (κ3) is 3.30. The van der Waals surface area contributed by atoms with Crippen LogP contribution in [0.3, 0.4) is 0 Å². The minimum Gasteiger partial charge on any atom is -0.480 e. The van der Waals surface area contributed by atoms with Crippen molar-refractivity contribution in [1.29, 1.82) is 0 Å². The summed E-state index contributed by atoms with van der Waals surface area (Å²) < 4.78 is 26.1. The molecule has 1 aromatic heterocycles. The molecule has 0 fully saturated rings. The van der Waals surface area contributed by atoms with Gasteiger partial charge in [0.1, 0.15) is 11.9 Å². The number of carboxylic acids is 1. The zero-order valence-electron chi connectivity index (χ0n) is 10.7. The Bertz CT molecular complexity index is 542. The van der Waals surface area contributed by atoms with Gasteiger partial charge < -0.3 is 10.1 Å². The quantitative estimate of drug-likeness (QED) is 0.740. The number of sulfonamides is 1. The van der Waals surface area contributed by atoms with E-state index in [-0.39, 0.29) is 5.03 Å². The SMILES string of the molecule is Cc1ncc(S(=O)(=O)NC(C(=O)O)C(C)(C)C)[nH]1. The van der Waals surface area contributed by atoms with Crippen LogP contribution in [0.2, 0.25) is 0 Å². The van der Waals surface area contributed by atoms with Gasteiger partial charge in [0.2, 0.25) is 0 Å². The Balaban J connectivity index is 3.05. The molecule has 1 rings (SSSR count). The van der Waals surface area contributed by atoms with Crippen molar-refractivity contribution in [2.75, 3.05) is 0 Å². The maximum atomic E-state index is 12.0. The van der Waals surface area contributed by atoms with Gasteiger partial charge in [-0.2, -0.15) is 4.72 Å². The highest BCUT2D eigenvalue weighted by Gasteiger charge is 2.35. The molecule has 0 radical (unpaired) electrons. The van der Waals surface area contributed by atoms with Gasteiger partial charge >= 0.3 is 5.97 Å². The van der Waals surface area contributed by atoms with Crippen LogP contribution in [0.4, 0.5) is 0 Å². The molecule has 1 unspecified atom stereocenters. The summed E-state index contributed by atoms with van der Waals surface area (Å²) in [5.41, 5.74) is -0.742. The number of carboxylic acid groups (broad SMARTS) is 1. The molecule has 1 aromatic rings. The summed E-state index contributed by atoms with van der Waals surface area (Å²) in [5, 5.41) is 8.93. The number of hydrogen-bond acceptors (Lipinski definition) is 4. The second-order valence-corrected chi connectivity index (χ2v) is 6.77. The molecule has 1 heterocycles. The molecule has 0 aliphatic carbocycles. The van der Waals surface area contributed by atoms with Crippen molar-refractivity contribution in [2.45, 2.75) is 38.8 Å². The first-order chi connectivity index (χ1) is 8.04. The van der Waals surface area contributed by atoms with Crippen molar-refractivity contribution >= 4 is 16.0 Å². The molecule has 0 aliphatic heterocycles. The maximum absolute atomic E-state index is 12.0. The predicted molar refractivity (Wildman–Crippen MR) is 64.5 cm³/mol. The molecular weight excluding hydrogens is 258 g/mol. The third-order valence-corrected chi connectivity index (χ3v) is 3.69. The van der Waals surface area contributed by atoms with Gasteiger partial charge in [0.05, 0.1) is 6.20 Å². The Kier molecular flexibility index (Phi) is 3.82. The lowest BCUT2D eigenvalue weighted by Gasteiger charge is -2.27. The third-order valence-electron chi connectivity index (χ3n) is 2.36. The van der Waals surface area contributed by atoms with Gasteiger partial charge in [-0.1, -0.05) is 20.8 Å². The first-order valence-electron chi connectivity index (χ1n) is 5.31.